The first-order chi connectivity index (χ1) is 16.4. The highest BCUT2D eigenvalue weighted by molar-refractivity contribution is 7.87. The standard InChI is InChI=1S/C26H25ClN4O2S/c1-28-34(32,33)31-13-12-22-20(8-5-9-21(22)17-31)14-18-10-11-24(27)23(15-18)26-29-16-25(30-26)19-6-3-2-4-7-19/h2-11,15-16,28H,12-14,17H2,1H3,(H,29,30). The van der Waals surface area contributed by atoms with E-state index < -0.39 is 10.2 Å². The number of nitrogens with zero attached hydrogens (tertiary/aromatic N) is 2. The highest BCUT2D eigenvalue weighted by Gasteiger charge is 2.26. The maximum absolute atomic E-state index is 12.2. The van der Waals surface area contributed by atoms with Gasteiger partial charge in [0.1, 0.15) is 5.82 Å². The Morgan fingerprint density at radius 2 is 1.91 bits per heavy atom. The normalized spacial score (nSPS) is 14.2. The molecule has 0 bridgehead atoms. The molecule has 2 N–H and O–H groups in total. The average molecular weight is 493 g/mol. The Balaban J connectivity index is 1.42. The van der Waals surface area contributed by atoms with Gasteiger partial charge in [0, 0.05) is 25.7 Å². The molecule has 0 saturated carbocycles. The summed E-state index contributed by atoms with van der Waals surface area (Å²) < 4.78 is 28.4. The molecule has 1 aromatic heterocycles. The molecule has 0 unspecified atom stereocenters. The second kappa shape index (κ2) is 9.35. The predicted molar refractivity (Wildman–Crippen MR) is 136 cm³/mol. The Morgan fingerprint density at radius 3 is 2.71 bits per heavy atom. The summed E-state index contributed by atoms with van der Waals surface area (Å²) in [6, 6.07) is 22.2. The number of imidazole rings is 1. The number of aromatic amines is 1. The molecule has 3 aromatic carbocycles. The van der Waals surface area contributed by atoms with E-state index in [-0.39, 0.29) is 0 Å². The van der Waals surface area contributed by atoms with Crippen LogP contribution in [-0.4, -0.2) is 36.3 Å². The van der Waals surface area contributed by atoms with Gasteiger partial charge in [-0.1, -0.05) is 66.2 Å². The first-order valence-corrected chi connectivity index (χ1v) is 12.9. The van der Waals surface area contributed by atoms with Crippen molar-refractivity contribution in [2.75, 3.05) is 13.6 Å². The molecule has 0 amide bonds. The number of aromatic nitrogens is 2. The fourth-order valence-electron chi connectivity index (χ4n) is 4.47. The van der Waals surface area contributed by atoms with Crippen molar-refractivity contribution in [2.24, 2.45) is 0 Å². The number of halogens is 1. The summed E-state index contributed by atoms with van der Waals surface area (Å²) in [5.74, 6) is 0.730. The molecule has 4 aromatic rings. The lowest BCUT2D eigenvalue weighted by molar-refractivity contribution is 0.385. The fourth-order valence-corrected chi connectivity index (χ4v) is 5.57. The van der Waals surface area contributed by atoms with Crippen LogP contribution in [0.5, 0.6) is 0 Å². The van der Waals surface area contributed by atoms with Crippen LogP contribution in [0.4, 0.5) is 0 Å². The Morgan fingerprint density at radius 1 is 1.09 bits per heavy atom. The topological polar surface area (TPSA) is 78.1 Å². The van der Waals surface area contributed by atoms with Gasteiger partial charge in [0.15, 0.2) is 0 Å². The van der Waals surface area contributed by atoms with Crippen molar-refractivity contribution in [3.05, 3.63) is 100 Å². The summed E-state index contributed by atoms with van der Waals surface area (Å²) in [7, 11) is -1.99. The Bertz CT molecular complexity index is 1430. The lowest BCUT2D eigenvalue weighted by atomic mass is 9.91. The van der Waals surface area contributed by atoms with Crippen LogP contribution >= 0.6 is 11.6 Å². The van der Waals surface area contributed by atoms with Gasteiger partial charge in [0.25, 0.3) is 10.2 Å². The van der Waals surface area contributed by atoms with Gasteiger partial charge in [-0.25, -0.2) is 9.71 Å². The van der Waals surface area contributed by atoms with Gasteiger partial charge in [-0.3, -0.25) is 0 Å². The molecule has 34 heavy (non-hydrogen) atoms. The van der Waals surface area contributed by atoms with Gasteiger partial charge in [0.05, 0.1) is 16.9 Å². The molecule has 6 nitrogen and oxygen atoms in total. The third-order valence-electron chi connectivity index (χ3n) is 6.27. The van der Waals surface area contributed by atoms with Crippen molar-refractivity contribution in [2.45, 2.75) is 19.4 Å². The predicted octanol–water partition coefficient (Wildman–Crippen LogP) is 4.81. The van der Waals surface area contributed by atoms with Gasteiger partial charge in [0.2, 0.25) is 0 Å². The largest absolute Gasteiger partial charge is 0.338 e. The van der Waals surface area contributed by atoms with Gasteiger partial charge in [-0.15, -0.1) is 0 Å². The first kappa shape index (κ1) is 22.8. The second-order valence-corrected chi connectivity index (χ2v) is 10.6. The zero-order chi connectivity index (χ0) is 23.7. The Labute approximate surface area is 204 Å². The highest BCUT2D eigenvalue weighted by atomic mass is 35.5. The smallest absolute Gasteiger partial charge is 0.279 e. The number of fused-ring (bicyclic) bond motifs is 1. The molecule has 0 spiro atoms. The minimum absolute atomic E-state index is 0.382. The lowest BCUT2D eigenvalue weighted by Crippen LogP contribution is -2.42. The van der Waals surface area contributed by atoms with E-state index in [1.54, 1.807) is 0 Å². The molecule has 0 fully saturated rings. The quantitative estimate of drug-likeness (QED) is 0.405. The summed E-state index contributed by atoms with van der Waals surface area (Å²) >= 11 is 6.55. The Kier molecular flexibility index (Phi) is 6.27. The van der Waals surface area contributed by atoms with Gasteiger partial charge >= 0.3 is 0 Å². The molecule has 2 heterocycles. The number of benzene rings is 3. The van der Waals surface area contributed by atoms with E-state index in [1.807, 2.05) is 60.8 Å². The molecule has 1 aliphatic heterocycles. The van der Waals surface area contributed by atoms with E-state index in [0.717, 1.165) is 40.2 Å². The maximum Gasteiger partial charge on any atom is 0.279 e. The highest BCUT2D eigenvalue weighted by Crippen LogP contribution is 2.31. The van der Waals surface area contributed by atoms with Gasteiger partial charge in [-0.05, 0) is 52.8 Å². The molecule has 1 aliphatic rings. The minimum atomic E-state index is -3.44. The van der Waals surface area contributed by atoms with Crippen molar-refractivity contribution in [3.63, 3.8) is 0 Å². The lowest BCUT2D eigenvalue weighted by Gasteiger charge is -2.29. The number of hydrogen-bond acceptors (Lipinski definition) is 3. The molecule has 174 valence electrons. The zero-order valence-electron chi connectivity index (χ0n) is 18.8. The second-order valence-electron chi connectivity index (χ2n) is 8.35. The summed E-state index contributed by atoms with van der Waals surface area (Å²) in [4.78, 5) is 7.96. The summed E-state index contributed by atoms with van der Waals surface area (Å²) in [5.41, 5.74) is 7.47. The van der Waals surface area contributed by atoms with Crippen LogP contribution in [0.3, 0.4) is 0 Å². The van der Waals surface area contributed by atoms with Gasteiger partial charge < -0.3 is 4.98 Å². The molecule has 0 radical (unpaired) electrons. The molecule has 0 saturated heterocycles. The van der Waals surface area contributed by atoms with E-state index in [0.29, 0.717) is 24.5 Å². The summed E-state index contributed by atoms with van der Waals surface area (Å²) in [5, 5.41) is 0.640. The van der Waals surface area contributed by atoms with Crippen molar-refractivity contribution in [3.8, 4) is 22.6 Å². The SMILES string of the molecule is CNS(=O)(=O)N1CCc2c(Cc3ccc(Cl)c(-c4ncc(-c5ccccc5)[nH]4)c3)cccc2C1. The average Bonchev–Trinajstić information content (AvgIpc) is 3.36. The van der Waals surface area contributed by atoms with Crippen LogP contribution in [0.2, 0.25) is 5.02 Å². The summed E-state index contributed by atoms with van der Waals surface area (Å²) in [6.45, 7) is 0.848. The van der Waals surface area contributed by atoms with E-state index in [1.165, 1.54) is 22.5 Å². The molecule has 8 heteroatoms. The number of hydrogen-bond donors (Lipinski definition) is 2. The van der Waals surface area contributed by atoms with Crippen molar-refractivity contribution in [1.29, 1.82) is 0 Å². The molecule has 0 atom stereocenters. The fraction of sp³-hybridized carbons (Fsp3) is 0.192. The minimum Gasteiger partial charge on any atom is -0.338 e. The third kappa shape index (κ3) is 4.52. The van der Waals surface area contributed by atoms with Crippen molar-refractivity contribution in [1.82, 2.24) is 19.0 Å². The van der Waals surface area contributed by atoms with Crippen LogP contribution in [-0.2, 0) is 29.6 Å². The molecular formula is C26H25ClN4O2S. The number of H-pyrrole nitrogens is 1. The van der Waals surface area contributed by atoms with Crippen molar-refractivity contribution >= 4 is 21.8 Å². The van der Waals surface area contributed by atoms with E-state index in [9.17, 15) is 8.42 Å². The van der Waals surface area contributed by atoms with E-state index in [2.05, 4.69) is 26.8 Å². The summed E-state index contributed by atoms with van der Waals surface area (Å²) in [6.07, 6.45) is 3.25. The van der Waals surface area contributed by atoms with E-state index >= 15 is 0 Å². The van der Waals surface area contributed by atoms with Crippen molar-refractivity contribution < 1.29 is 8.42 Å². The van der Waals surface area contributed by atoms with Crippen LogP contribution in [0.15, 0.2) is 72.9 Å². The van der Waals surface area contributed by atoms with Crippen LogP contribution in [0, 0.1) is 0 Å². The molecular weight excluding hydrogens is 468 g/mol. The monoisotopic (exact) mass is 492 g/mol. The van der Waals surface area contributed by atoms with E-state index in [4.69, 9.17) is 11.6 Å². The Hall–Kier alpha value is -2.97. The number of rotatable bonds is 6. The molecule has 0 aliphatic carbocycles. The third-order valence-corrected chi connectivity index (χ3v) is 8.10. The maximum atomic E-state index is 12.2. The molecule has 5 rings (SSSR count). The van der Waals surface area contributed by atoms with Gasteiger partial charge in [-0.2, -0.15) is 12.7 Å². The zero-order valence-corrected chi connectivity index (χ0v) is 20.3. The number of nitrogens with one attached hydrogen (secondary N) is 2. The van der Waals surface area contributed by atoms with Crippen LogP contribution < -0.4 is 4.72 Å². The van der Waals surface area contributed by atoms with Crippen LogP contribution in [0.25, 0.3) is 22.6 Å². The first-order valence-electron chi connectivity index (χ1n) is 11.1. The van der Waals surface area contributed by atoms with Crippen LogP contribution in [0.1, 0.15) is 22.3 Å².